The third-order valence-electron chi connectivity index (χ3n) is 3.38. The standard InChI is InChI=1S/C16H25N3O4/c1-19(2)13-7-5-12(6-8-13)18-15(20)11-14(16(21)22)17-9-4-10-23-3/h5-8,14,17H,4,9-11H2,1-3H3,(H,18,20)(H,21,22)/t14-/m1/s1. The van der Waals surface area contributed by atoms with Gasteiger partial charge in [-0.05, 0) is 24.3 Å². The molecule has 0 bridgehead atoms. The Labute approximate surface area is 136 Å². The number of carboxylic acid groups (broad SMARTS) is 1. The van der Waals surface area contributed by atoms with E-state index >= 15 is 0 Å². The molecular formula is C16H25N3O4. The summed E-state index contributed by atoms with van der Waals surface area (Å²) in [7, 11) is 5.44. The second kappa shape index (κ2) is 9.81. The van der Waals surface area contributed by atoms with E-state index in [-0.39, 0.29) is 12.3 Å². The van der Waals surface area contributed by atoms with Crippen molar-refractivity contribution in [3.8, 4) is 0 Å². The summed E-state index contributed by atoms with van der Waals surface area (Å²) in [5, 5.41) is 15.4. The average Bonchev–Trinajstić information content (AvgIpc) is 2.50. The number of hydrogen-bond acceptors (Lipinski definition) is 5. The van der Waals surface area contributed by atoms with Gasteiger partial charge in [-0.15, -0.1) is 0 Å². The van der Waals surface area contributed by atoms with Crippen molar-refractivity contribution in [2.24, 2.45) is 0 Å². The van der Waals surface area contributed by atoms with Crippen molar-refractivity contribution in [1.82, 2.24) is 0 Å². The normalized spacial score (nSPS) is 11.8. The maximum absolute atomic E-state index is 12.0. The number of carbonyl (C=O) groups excluding carboxylic acids is 2. The van der Waals surface area contributed by atoms with Gasteiger partial charge in [-0.2, -0.15) is 0 Å². The van der Waals surface area contributed by atoms with E-state index in [9.17, 15) is 14.7 Å². The highest BCUT2D eigenvalue weighted by atomic mass is 16.5. The quantitative estimate of drug-likeness (QED) is 0.527. The number of nitrogens with zero attached hydrogens (tertiary/aromatic N) is 1. The molecule has 128 valence electrons. The first kappa shape index (κ1) is 18.9. The fourth-order valence-electron chi connectivity index (χ4n) is 2.06. The average molecular weight is 323 g/mol. The summed E-state index contributed by atoms with van der Waals surface area (Å²) in [6.07, 6.45) is 0.582. The van der Waals surface area contributed by atoms with E-state index in [1.54, 1.807) is 24.6 Å². The van der Waals surface area contributed by atoms with Crippen molar-refractivity contribution in [3.05, 3.63) is 24.3 Å². The molecule has 1 aromatic rings. The van der Waals surface area contributed by atoms with Gasteiger partial charge in [0.1, 0.15) is 6.04 Å². The minimum Gasteiger partial charge on any atom is -0.544 e. The number of rotatable bonds is 10. The molecule has 0 radical (unpaired) electrons. The molecule has 1 amide bonds. The van der Waals surface area contributed by atoms with E-state index in [4.69, 9.17) is 4.74 Å². The van der Waals surface area contributed by atoms with Gasteiger partial charge in [-0.3, -0.25) is 4.79 Å². The Morgan fingerprint density at radius 2 is 1.96 bits per heavy atom. The van der Waals surface area contributed by atoms with Crippen LogP contribution in [0.15, 0.2) is 24.3 Å². The number of anilines is 2. The second-order valence-corrected chi connectivity index (χ2v) is 5.49. The van der Waals surface area contributed by atoms with Crippen LogP contribution in [0.4, 0.5) is 11.4 Å². The van der Waals surface area contributed by atoms with Gasteiger partial charge in [0.2, 0.25) is 5.91 Å². The van der Waals surface area contributed by atoms with Crippen molar-refractivity contribution >= 4 is 23.3 Å². The molecule has 0 saturated heterocycles. The number of carboxylic acids is 1. The number of methoxy groups -OCH3 is 1. The van der Waals surface area contributed by atoms with Crippen LogP contribution >= 0.6 is 0 Å². The first-order chi connectivity index (χ1) is 10.9. The number of aliphatic carboxylic acids is 1. The molecule has 1 atom stereocenters. The van der Waals surface area contributed by atoms with Crippen LogP contribution in [-0.4, -0.2) is 52.3 Å². The van der Waals surface area contributed by atoms with Gasteiger partial charge in [0.25, 0.3) is 0 Å². The van der Waals surface area contributed by atoms with Crippen molar-refractivity contribution in [3.63, 3.8) is 0 Å². The Kier molecular flexibility index (Phi) is 8.07. The van der Waals surface area contributed by atoms with Crippen LogP contribution in [0.5, 0.6) is 0 Å². The van der Waals surface area contributed by atoms with E-state index in [1.165, 1.54) is 0 Å². The van der Waals surface area contributed by atoms with Crippen LogP contribution in [0.1, 0.15) is 12.8 Å². The smallest absolute Gasteiger partial charge is 0.230 e. The predicted molar refractivity (Wildman–Crippen MR) is 86.1 cm³/mol. The van der Waals surface area contributed by atoms with Gasteiger partial charge < -0.3 is 30.2 Å². The van der Waals surface area contributed by atoms with Crippen LogP contribution < -0.4 is 20.6 Å². The van der Waals surface area contributed by atoms with Crippen molar-refractivity contribution in [2.45, 2.75) is 18.9 Å². The molecule has 7 nitrogen and oxygen atoms in total. The molecule has 0 aromatic heterocycles. The lowest BCUT2D eigenvalue weighted by Gasteiger charge is -2.17. The Balaban J connectivity index is 2.49. The molecule has 0 aliphatic rings. The highest BCUT2D eigenvalue weighted by Gasteiger charge is 2.18. The van der Waals surface area contributed by atoms with E-state index in [1.807, 2.05) is 31.1 Å². The fraction of sp³-hybridized carbons (Fsp3) is 0.500. The zero-order valence-electron chi connectivity index (χ0n) is 13.9. The Bertz CT molecular complexity index is 503. The Hall–Kier alpha value is -2.12. The van der Waals surface area contributed by atoms with Crippen molar-refractivity contribution in [2.75, 3.05) is 44.6 Å². The van der Waals surface area contributed by atoms with Crippen molar-refractivity contribution in [1.29, 1.82) is 0 Å². The molecule has 1 aromatic carbocycles. The van der Waals surface area contributed by atoms with Crippen LogP contribution in [-0.2, 0) is 14.3 Å². The number of carbonyl (C=O) groups is 2. The van der Waals surface area contributed by atoms with Gasteiger partial charge in [0, 0.05) is 39.0 Å². The molecule has 0 unspecified atom stereocenters. The first-order valence-corrected chi connectivity index (χ1v) is 7.54. The summed E-state index contributed by atoms with van der Waals surface area (Å²) in [5.74, 6) is -1.58. The highest BCUT2D eigenvalue weighted by molar-refractivity contribution is 5.93. The van der Waals surface area contributed by atoms with Crippen LogP contribution in [0.3, 0.4) is 0 Å². The largest absolute Gasteiger partial charge is 0.544 e. The van der Waals surface area contributed by atoms with Gasteiger partial charge in [0.15, 0.2) is 0 Å². The van der Waals surface area contributed by atoms with Crippen LogP contribution in [0.2, 0.25) is 0 Å². The molecule has 0 heterocycles. The molecule has 0 saturated carbocycles. The third kappa shape index (κ3) is 7.12. The minimum absolute atomic E-state index is 0.134. The summed E-state index contributed by atoms with van der Waals surface area (Å²) in [6, 6.07) is 6.42. The number of nitrogens with one attached hydrogen (secondary N) is 1. The molecule has 0 spiro atoms. The Morgan fingerprint density at radius 1 is 1.30 bits per heavy atom. The van der Waals surface area contributed by atoms with Crippen LogP contribution in [0, 0.1) is 0 Å². The van der Waals surface area contributed by atoms with E-state index in [0.29, 0.717) is 25.3 Å². The third-order valence-corrected chi connectivity index (χ3v) is 3.38. The molecule has 1 rings (SSSR count). The number of hydrogen-bond donors (Lipinski definition) is 2. The van der Waals surface area contributed by atoms with Gasteiger partial charge in [-0.25, -0.2) is 0 Å². The molecular weight excluding hydrogens is 298 g/mol. The van der Waals surface area contributed by atoms with Gasteiger partial charge in [0.05, 0.1) is 25.5 Å². The summed E-state index contributed by atoms with van der Waals surface area (Å²) >= 11 is 0. The topological polar surface area (TPSA) is 98.3 Å². The maximum Gasteiger partial charge on any atom is 0.230 e. The predicted octanol–water partition coefficient (Wildman–Crippen LogP) is -1.20. The molecule has 3 N–H and O–H groups in total. The minimum atomic E-state index is -1.24. The highest BCUT2D eigenvalue weighted by Crippen LogP contribution is 2.15. The molecule has 23 heavy (non-hydrogen) atoms. The zero-order valence-corrected chi connectivity index (χ0v) is 13.9. The maximum atomic E-state index is 12.0. The molecule has 0 aliphatic heterocycles. The molecule has 0 fully saturated rings. The number of amides is 1. The number of nitrogens with two attached hydrogens (primary N) is 1. The summed E-state index contributed by atoms with van der Waals surface area (Å²) in [5.41, 5.74) is 1.65. The van der Waals surface area contributed by atoms with E-state index in [0.717, 1.165) is 5.69 Å². The zero-order chi connectivity index (χ0) is 17.2. The molecule has 7 heteroatoms. The summed E-state index contributed by atoms with van der Waals surface area (Å²) in [6.45, 7) is 1.12. The lowest BCUT2D eigenvalue weighted by atomic mass is 10.2. The summed E-state index contributed by atoms with van der Waals surface area (Å²) < 4.78 is 4.90. The SMILES string of the molecule is COCCC[NH2+][C@H](CC(=O)Nc1ccc(N(C)C)cc1)C(=O)[O-]. The lowest BCUT2D eigenvalue weighted by Crippen LogP contribution is -2.93. The van der Waals surface area contributed by atoms with Gasteiger partial charge in [-0.1, -0.05) is 0 Å². The number of ether oxygens (including phenoxy) is 1. The number of benzene rings is 1. The monoisotopic (exact) mass is 323 g/mol. The number of quaternary nitrogens is 1. The van der Waals surface area contributed by atoms with Crippen LogP contribution in [0.25, 0.3) is 0 Å². The van der Waals surface area contributed by atoms with Gasteiger partial charge >= 0.3 is 0 Å². The molecule has 0 aliphatic carbocycles. The summed E-state index contributed by atoms with van der Waals surface area (Å²) in [4.78, 5) is 25.0. The fourth-order valence-corrected chi connectivity index (χ4v) is 2.06. The Morgan fingerprint density at radius 3 is 2.48 bits per heavy atom. The van der Waals surface area contributed by atoms with E-state index < -0.39 is 12.0 Å². The first-order valence-electron chi connectivity index (χ1n) is 7.54. The second-order valence-electron chi connectivity index (χ2n) is 5.49. The van der Waals surface area contributed by atoms with E-state index in [2.05, 4.69) is 5.32 Å². The lowest BCUT2D eigenvalue weighted by molar-refractivity contribution is -0.682. The van der Waals surface area contributed by atoms with Crippen molar-refractivity contribution < 1.29 is 24.7 Å².